The maximum Gasteiger partial charge on any atom is 0.269 e. The van der Waals surface area contributed by atoms with E-state index >= 15 is 4.39 Å². The fraction of sp³-hybridized carbons (Fsp3) is 0.107. The van der Waals surface area contributed by atoms with Crippen LogP contribution in [0.25, 0.3) is 16.9 Å². The number of methoxy groups -OCH3 is 2. The van der Waals surface area contributed by atoms with Gasteiger partial charge in [0.15, 0.2) is 23.1 Å². The number of aryl methyl sites for hydroxylation is 1. The molecule has 0 aliphatic carbocycles. The van der Waals surface area contributed by atoms with Crippen molar-refractivity contribution in [3.05, 3.63) is 100 Å². The molecule has 4 aromatic heterocycles. The molecule has 10 nitrogen and oxygen atoms in total. The standard InChI is InChI=1S/C28H21F2N5O5/c1-15-9-11-35(23-7-4-16(29)14-32-23)28(37)24(15)26(36)33-17-5-6-20(18(30)12-17)40-21-8-10-31-19-13-22(38-2)27(39-3)34-25(19)21/h4-14H,1-3H3,(H,33,36). The average molecular weight is 546 g/mol. The molecule has 1 amide bonds. The molecule has 0 aliphatic heterocycles. The minimum Gasteiger partial charge on any atom is -0.491 e. The molecule has 1 N–H and O–H groups in total. The van der Waals surface area contributed by atoms with Gasteiger partial charge in [0.25, 0.3) is 17.3 Å². The van der Waals surface area contributed by atoms with Crippen LogP contribution in [0.2, 0.25) is 0 Å². The monoisotopic (exact) mass is 545 g/mol. The number of halogens is 2. The van der Waals surface area contributed by atoms with Crippen LogP contribution >= 0.6 is 0 Å². The van der Waals surface area contributed by atoms with Gasteiger partial charge in [-0.1, -0.05) is 0 Å². The number of ether oxygens (including phenoxy) is 3. The van der Waals surface area contributed by atoms with Crippen LogP contribution in [0.3, 0.4) is 0 Å². The fourth-order valence-electron chi connectivity index (χ4n) is 3.95. The Morgan fingerprint density at radius 2 is 1.77 bits per heavy atom. The summed E-state index contributed by atoms with van der Waals surface area (Å²) < 4.78 is 45.7. The summed E-state index contributed by atoms with van der Waals surface area (Å²) in [5.41, 5.74) is 0.412. The molecule has 0 atom stereocenters. The van der Waals surface area contributed by atoms with E-state index in [1.54, 1.807) is 19.1 Å². The summed E-state index contributed by atoms with van der Waals surface area (Å²) in [6.45, 7) is 1.59. The molecule has 5 aromatic rings. The molecular formula is C28H21F2N5O5. The van der Waals surface area contributed by atoms with Crippen molar-refractivity contribution >= 4 is 22.6 Å². The van der Waals surface area contributed by atoms with E-state index in [2.05, 4.69) is 20.3 Å². The number of anilines is 1. The molecule has 0 unspecified atom stereocenters. The highest BCUT2D eigenvalue weighted by atomic mass is 19.1. The third-order valence-electron chi connectivity index (χ3n) is 5.92. The molecule has 0 fully saturated rings. The van der Waals surface area contributed by atoms with Crippen LogP contribution in [0.4, 0.5) is 14.5 Å². The topological polar surface area (TPSA) is 117 Å². The van der Waals surface area contributed by atoms with Crippen LogP contribution in [0.5, 0.6) is 23.1 Å². The molecule has 202 valence electrons. The molecule has 0 aliphatic rings. The molecule has 0 bridgehead atoms. The first-order valence-corrected chi connectivity index (χ1v) is 11.8. The number of benzene rings is 1. The van der Waals surface area contributed by atoms with Crippen molar-refractivity contribution in [1.82, 2.24) is 19.5 Å². The van der Waals surface area contributed by atoms with E-state index in [0.29, 0.717) is 22.3 Å². The van der Waals surface area contributed by atoms with Crippen LogP contribution < -0.4 is 25.1 Å². The van der Waals surface area contributed by atoms with Crippen LogP contribution in [0.15, 0.2) is 71.9 Å². The van der Waals surface area contributed by atoms with Crippen molar-refractivity contribution in [2.24, 2.45) is 0 Å². The van der Waals surface area contributed by atoms with Gasteiger partial charge in [0.1, 0.15) is 22.7 Å². The van der Waals surface area contributed by atoms with E-state index in [1.807, 2.05) is 0 Å². The van der Waals surface area contributed by atoms with E-state index in [0.717, 1.165) is 22.9 Å². The lowest BCUT2D eigenvalue weighted by molar-refractivity contribution is 0.102. The van der Waals surface area contributed by atoms with Gasteiger partial charge in [0, 0.05) is 36.3 Å². The van der Waals surface area contributed by atoms with Gasteiger partial charge in [-0.05, 0) is 42.8 Å². The molecule has 40 heavy (non-hydrogen) atoms. The van der Waals surface area contributed by atoms with E-state index in [9.17, 15) is 14.0 Å². The molecule has 0 spiro atoms. The Bertz CT molecular complexity index is 1810. The summed E-state index contributed by atoms with van der Waals surface area (Å²) in [4.78, 5) is 38.6. The Balaban J connectivity index is 1.40. The summed E-state index contributed by atoms with van der Waals surface area (Å²) in [6.07, 6.45) is 3.88. The lowest BCUT2D eigenvalue weighted by Crippen LogP contribution is -2.29. The number of carbonyl (C=O) groups excluding carboxylic acids is 1. The van der Waals surface area contributed by atoms with Gasteiger partial charge >= 0.3 is 0 Å². The Hall–Kier alpha value is -5.39. The fourth-order valence-corrected chi connectivity index (χ4v) is 3.95. The molecule has 12 heteroatoms. The quantitative estimate of drug-likeness (QED) is 0.309. The Kier molecular flexibility index (Phi) is 7.06. The van der Waals surface area contributed by atoms with Crippen molar-refractivity contribution in [3.8, 4) is 28.9 Å². The van der Waals surface area contributed by atoms with Gasteiger partial charge < -0.3 is 19.5 Å². The average Bonchev–Trinajstić information content (AvgIpc) is 2.94. The number of fused-ring (bicyclic) bond motifs is 1. The molecule has 4 heterocycles. The zero-order valence-corrected chi connectivity index (χ0v) is 21.4. The van der Waals surface area contributed by atoms with Gasteiger partial charge in [-0.15, -0.1) is 0 Å². The van der Waals surface area contributed by atoms with Crippen LogP contribution in [-0.2, 0) is 0 Å². The lowest BCUT2D eigenvalue weighted by atomic mass is 10.1. The molecule has 5 rings (SSSR count). The maximum absolute atomic E-state index is 15.1. The highest BCUT2D eigenvalue weighted by molar-refractivity contribution is 6.05. The predicted octanol–water partition coefficient (Wildman–Crippen LogP) is 4.82. The SMILES string of the molecule is COc1cc2nccc(Oc3ccc(NC(=O)c4c(C)ccn(-c5ccc(F)cn5)c4=O)cc3F)c2nc1OC. The summed E-state index contributed by atoms with van der Waals surface area (Å²) in [6, 6.07) is 11.0. The van der Waals surface area contributed by atoms with Crippen molar-refractivity contribution in [3.63, 3.8) is 0 Å². The largest absolute Gasteiger partial charge is 0.491 e. The van der Waals surface area contributed by atoms with E-state index in [1.165, 1.54) is 50.9 Å². The second-order valence-corrected chi connectivity index (χ2v) is 8.46. The summed E-state index contributed by atoms with van der Waals surface area (Å²) in [7, 11) is 2.91. The molecule has 0 radical (unpaired) electrons. The number of nitrogens with zero attached hydrogens (tertiary/aromatic N) is 4. The molecule has 1 aromatic carbocycles. The second-order valence-electron chi connectivity index (χ2n) is 8.46. The molecular weight excluding hydrogens is 524 g/mol. The Labute approximate surface area is 225 Å². The zero-order valence-electron chi connectivity index (χ0n) is 21.4. The normalized spacial score (nSPS) is 10.8. The second kappa shape index (κ2) is 10.8. The van der Waals surface area contributed by atoms with Crippen molar-refractivity contribution in [2.45, 2.75) is 6.92 Å². The van der Waals surface area contributed by atoms with Crippen LogP contribution in [0.1, 0.15) is 15.9 Å². The number of nitrogens with one attached hydrogen (secondary N) is 1. The first kappa shape index (κ1) is 26.2. The third kappa shape index (κ3) is 5.01. The highest BCUT2D eigenvalue weighted by Gasteiger charge is 2.19. The first-order chi connectivity index (χ1) is 19.3. The smallest absolute Gasteiger partial charge is 0.269 e. The lowest BCUT2D eigenvalue weighted by Gasteiger charge is -2.13. The molecule has 0 saturated heterocycles. The van der Waals surface area contributed by atoms with Crippen molar-refractivity contribution in [1.29, 1.82) is 0 Å². The number of rotatable bonds is 7. The van der Waals surface area contributed by atoms with Gasteiger partial charge in [-0.2, -0.15) is 0 Å². The van der Waals surface area contributed by atoms with Gasteiger partial charge in [-0.3, -0.25) is 19.1 Å². The van der Waals surface area contributed by atoms with Gasteiger partial charge in [-0.25, -0.2) is 18.7 Å². The Morgan fingerprint density at radius 1 is 0.950 bits per heavy atom. The number of pyridine rings is 4. The van der Waals surface area contributed by atoms with E-state index < -0.39 is 23.1 Å². The number of amides is 1. The van der Waals surface area contributed by atoms with E-state index in [4.69, 9.17) is 14.2 Å². The number of aromatic nitrogens is 4. The highest BCUT2D eigenvalue weighted by Crippen LogP contribution is 2.35. The van der Waals surface area contributed by atoms with Gasteiger partial charge in [0.2, 0.25) is 0 Å². The van der Waals surface area contributed by atoms with Crippen LogP contribution in [-0.4, -0.2) is 39.6 Å². The number of carbonyl (C=O) groups is 1. The van der Waals surface area contributed by atoms with Crippen molar-refractivity contribution in [2.75, 3.05) is 19.5 Å². The first-order valence-electron chi connectivity index (χ1n) is 11.8. The van der Waals surface area contributed by atoms with Gasteiger partial charge in [0.05, 0.1) is 25.9 Å². The van der Waals surface area contributed by atoms with Crippen LogP contribution in [0, 0.1) is 18.6 Å². The third-order valence-corrected chi connectivity index (χ3v) is 5.92. The summed E-state index contributed by atoms with van der Waals surface area (Å²) >= 11 is 0. The summed E-state index contributed by atoms with van der Waals surface area (Å²) in [5.74, 6) is -1.29. The van der Waals surface area contributed by atoms with Crippen molar-refractivity contribution < 1.29 is 27.8 Å². The minimum atomic E-state index is -0.777. The minimum absolute atomic E-state index is 0.0908. The predicted molar refractivity (Wildman–Crippen MR) is 142 cm³/mol. The maximum atomic E-state index is 15.1. The zero-order chi connectivity index (χ0) is 28.4. The Morgan fingerprint density at radius 3 is 2.48 bits per heavy atom. The number of hydrogen-bond donors (Lipinski definition) is 1. The summed E-state index contributed by atoms with van der Waals surface area (Å²) in [5, 5.41) is 2.54. The molecule has 0 saturated carbocycles. The number of hydrogen-bond acceptors (Lipinski definition) is 8. The van der Waals surface area contributed by atoms with E-state index in [-0.39, 0.29) is 34.4 Å².